The molecule has 0 unspecified atom stereocenters. The van der Waals surface area contributed by atoms with Gasteiger partial charge in [-0.1, -0.05) is 15.9 Å². The minimum Gasteiger partial charge on any atom is -0.399 e. The molecule has 0 aromatic heterocycles. The summed E-state index contributed by atoms with van der Waals surface area (Å²) in [4.78, 5) is 11.0. The smallest absolute Gasteiger partial charge is 0.147 e. The van der Waals surface area contributed by atoms with Gasteiger partial charge in [-0.15, -0.1) is 0 Å². The van der Waals surface area contributed by atoms with Gasteiger partial charge in [-0.25, -0.2) is 4.39 Å². The first kappa shape index (κ1) is 10.2. The van der Waals surface area contributed by atoms with Crippen molar-refractivity contribution in [3.63, 3.8) is 0 Å². The molecule has 1 aromatic rings. The molecule has 0 radical (unpaired) electrons. The minimum absolute atomic E-state index is 0.0653. The highest BCUT2D eigenvalue weighted by molar-refractivity contribution is 9.09. The molecule has 0 heterocycles. The van der Waals surface area contributed by atoms with Crippen LogP contribution in [-0.2, 0) is 11.2 Å². The van der Waals surface area contributed by atoms with E-state index in [1.807, 2.05) is 0 Å². The van der Waals surface area contributed by atoms with Crippen molar-refractivity contribution in [2.24, 2.45) is 0 Å². The Balaban J connectivity index is 2.87. The van der Waals surface area contributed by atoms with E-state index in [1.54, 1.807) is 0 Å². The number of hydrogen-bond donors (Lipinski definition) is 1. The van der Waals surface area contributed by atoms with Crippen LogP contribution in [0.5, 0.6) is 0 Å². The number of rotatable bonds is 3. The number of carbonyl (C=O) groups excluding carboxylic acids is 1. The van der Waals surface area contributed by atoms with Gasteiger partial charge in [0.15, 0.2) is 0 Å². The number of hydrogen-bond acceptors (Lipinski definition) is 2. The molecular formula is C9H9BrFNO. The second kappa shape index (κ2) is 4.37. The van der Waals surface area contributed by atoms with E-state index < -0.39 is 0 Å². The van der Waals surface area contributed by atoms with Gasteiger partial charge >= 0.3 is 0 Å². The van der Waals surface area contributed by atoms with Gasteiger partial charge in [0.1, 0.15) is 11.6 Å². The molecule has 2 nitrogen and oxygen atoms in total. The molecule has 1 rings (SSSR count). The second-order valence-corrected chi connectivity index (χ2v) is 3.26. The lowest BCUT2D eigenvalue weighted by Gasteiger charge is -2.01. The van der Waals surface area contributed by atoms with Crippen molar-refractivity contribution in [2.45, 2.75) is 6.42 Å². The van der Waals surface area contributed by atoms with Crippen molar-refractivity contribution in [1.82, 2.24) is 0 Å². The van der Waals surface area contributed by atoms with Gasteiger partial charge in [0.2, 0.25) is 0 Å². The highest BCUT2D eigenvalue weighted by atomic mass is 79.9. The standard InChI is InChI=1S/C9H9BrFNO/c10-5-8(13)4-6-3-7(12)1-2-9(6)11/h1-3H,4-5,12H2. The largest absolute Gasteiger partial charge is 0.399 e. The lowest BCUT2D eigenvalue weighted by atomic mass is 10.1. The number of Topliss-reactive ketones (excluding diaryl/α,β-unsaturated/α-hetero) is 1. The van der Waals surface area contributed by atoms with Crippen LogP contribution in [0.1, 0.15) is 5.56 Å². The van der Waals surface area contributed by atoms with Crippen molar-refractivity contribution >= 4 is 27.4 Å². The summed E-state index contributed by atoms with van der Waals surface area (Å²) in [6.45, 7) is 0. The number of ketones is 1. The summed E-state index contributed by atoms with van der Waals surface area (Å²) in [5.41, 5.74) is 6.28. The molecule has 0 saturated heterocycles. The first-order valence-corrected chi connectivity index (χ1v) is 4.87. The van der Waals surface area contributed by atoms with Crippen molar-refractivity contribution in [3.05, 3.63) is 29.6 Å². The van der Waals surface area contributed by atoms with Crippen LogP contribution >= 0.6 is 15.9 Å². The Labute approximate surface area is 84.1 Å². The zero-order chi connectivity index (χ0) is 9.84. The summed E-state index contributed by atoms with van der Waals surface area (Å²) in [5, 5.41) is 0.237. The van der Waals surface area contributed by atoms with Crippen molar-refractivity contribution in [2.75, 3.05) is 11.1 Å². The van der Waals surface area contributed by atoms with Gasteiger partial charge in [0.25, 0.3) is 0 Å². The van der Waals surface area contributed by atoms with Crippen LogP contribution in [0.3, 0.4) is 0 Å². The number of halogens is 2. The molecule has 0 fully saturated rings. The average Bonchev–Trinajstić information content (AvgIpc) is 2.11. The monoisotopic (exact) mass is 245 g/mol. The number of nitrogens with two attached hydrogens (primary N) is 1. The number of anilines is 1. The van der Waals surface area contributed by atoms with E-state index in [9.17, 15) is 9.18 Å². The van der Waals surface area contributed by atoms with E-state index in [2.05, 4.69) is 15.9 Å². The summed E-state index contributed by atoms with van der Waals surface area (Å²) < 4.78 is 13.0. The van der Waals surface area contributed by atoms with Crippen LogP contribution in [0.4, 0.5) is 10.1 Å². The summed E-state index contributed by atoms with van der Waals surface area (Å²) in [5.74, 6) is -0.451. The molecule has 0 aliphatic carbocycles. The molecule has 0 spiro atoms. The highest BCUT2D eigenvalue weighted by Crippen LogP contribution is 2.13. The van der Waals surface area contributed by atoms with E-state index >= 15 is 0 Å². The van der Waals surface area contributed by atoms with Gasteiger partial charge in [-0.3, -0.25) is 4.79 Å². The predicted molar refractivity (Wildman–Crippen MR) is 53.3 cm³/mol. The Hall–Kier alpha value is -0.900. The molecule has 2 N–H and O–H groups in total. The summed E-state index contributed by atoms with van der Waals surface area (Å²) in [7, 11) is 0. The fourth-order valence-electron chi connectivity index (χ4n) is 0.990. The van der Waals surface area contributed by atoms with E-state index in [0.29, 0.717) is 11.3 Å². The quantitative estimate of drug-likeness (QED) is 0.654. The average molecular weight is 246 g/mol. The van der Waals surface area contributed by atoms with Crippen molar-refractivity contribution in [1.29, 1.82) is 0 Å². The zero-order valence-corrected chi connectivity index (χ0v) is 8.47. The highest BCUT2D eigenvalue weighted by Gasteiger charge is 2.06. The lowest BCUT2D eigenvalue weighted by molar-refractivity contribution is -0.115. The van der Waals surface area contributed by atoms with Gasteiger partial charge in [0, 0.05) is 12.1 Å². The maximum absolute atomic E-state index is 13.0. The Bertz CT molecular complexity index is 327. The number of alkyl halides is 1. The zero-order valence-electron chi connectivity index (χ0n) is 6.89. The van der Waals surface area contributed by atoms with Crippen LogP contribution in [0, 0.1) is 5.82 Å². The maximum Gasteiger partial charge on any atom is 0.147 e. The predicted octanol–water partition coefficient (Wildman–Crippen LogP) is 1.91. The van der Waals surface area contributed by atoms with Crippen LogP contribution in [0.25, 0.3) is 0 Å². The molecule has 70 valence electrons. The summed E-state index contributed by atoms with van der Waals surface area (Å²) >= 11 is 3.01. The minimum atomic E-state index is -0.386. The first-order chi connectivity index (χ1) is 6.13. The fourth-order valence-corrected chi connectivity index (χ4v) is 1.19. The molecule has 0 bridgehead atoms. The molecule has 0 aliphatic heterocycles. The number of nitrogen functional groups attached to an aromatic ring is 1. The van der Waals surface area contributed by atoms with Gasteiger partial charge < -0.3 is 5.73 Å². The lowest BCUT2D eigenvalue weighted by Crippen LogP contribution is -2.05. The Morgan fingerprint density at radius 1 is 1.54 bits per heavy atom. The summed E-state index contributed by atoms with van der Waals surface area (Å²) in [6, 6.07) is 4.22. The van der Waals surface area contributed by atoms with Gasteiger partial charge in [0.05, 0.1) is 5.33 Å². The maximum atomic E-state index is 13.0. The van der Waals surface area contributed by atoms with Crippen LogP contribution < -0.4 is 5.73 Å². The fraction of sp³-hybridized carbons (Fsp3) is 0.222. The van der Waals surface area contributed by atoms with Gasteiger partial charge in [-0.2, -0.15) is 0 Å². The molecule has 0 aliphatic rings. The Morgan fingerprint density at radius 2 is 2.23 bits per heavy atom. The number of benzene rings is 1. The third-order valence-electron chi connectivity index (χ3n) is 1.61. The third kappa shape index (κ3) is 2.81. The third-order valence-corrected chi connectivity index (χ3v) is 2.23. The van der Waals surface area contributed by atoms with Crippen LogP contribution in [-0.4, -0.2) is 11.1 Å². The molecule has 1 aromatic carbocycles. The van der Waals surface area contributed by atoms with E-state index in [4.69, 9.17) is 5.73 Å². The molecular weight excluding hydrogens is 237 g/mol. The topological polar surface area (TPSA) is 43.1 Å². The SMILES string of the molecule is Nc1ccc(F)c(CC(=O)CBr)c1. The molecule has 0 amide bonds. The second-order valence-electron chi connectivity index (χ2n) is 2.70. The Kier molecular flexibility index (Phi) is 3.42. The Morgan fingerprint density at radius 3 is 2.85 bits per heavy atom. The van der Waals surface area contributed by atoms with Crippen LogP contribution in [0.2, 0.25) is 0 Å². The normalized spacial score (nSPS) is 10.0. The van der Waals surface area contributed by atoms with E-state index in [1.165, 1.54) is 18.2 Å². The number of carbonyl (C=O) groups is 1. The molecule has 0 atom stereocenters. The molecule has 4 heteroatoms. The van der Waals surface area contributed by atoms with Gasteiger partial charge in [-0.05, 0) is 23.8 Å². The van der Waals surface area contributed by atoms with Crippen molar-refractivity contribution in [3.8, 4) is 0 Å². The van der Waals surface area contributed by atoms with E-state index in [-0.39, 0.29) is 23.4 Å². The molecule has 13 heavy (non-hydrogen) atoms. The van der Waals surface area contributed by atoms with E-state index in [0.717, 1.165) is 0 Å². The molecule has 0 saturated carbocycles. The first-order valence-electron chi connectivity index (χ1n) is 3.75. The van der Waals surface area contributed by atoms with Crippen LogP contribution in [0.15, 0.2) is 18.2 Å². The van der Waals surface area contributed by atoms with Crippen molar-refractivity contribution < 1.29 is 9.18 Å². The summed E-state index contributed by atoms with van der Waals surface area (Å²) in [6.07, 6.45) is 0.0854.